The van der Waals surface area contributed by atoms with Gasteiger partial charge in [0, 0.05) is 13.6 Å². The molecule has 1 rings (SSSR count). The molecular formula is C14H19NO3. The third kappa shape index (κ3) is 3.87. The SMILES string of the molecule is CC(C)c1ccc(CCN(C)C(=O)C(=O)O)cc1. The summed E-state index contributed by atoms with van der Waals surface area (Å²) in [7, 11) is 1.50. The molecule has 0 atom stereocenters. The Labute approximate surface area is 107 Å². The highest BCUT2D eigenvalue weighted by molar-refractivity contribution is 6.31. The molecule has 0 aliphatic heterocycles. The van der Waals surface area contributed by atoms with Gasteiger partial charge >= 0.3 is 11.9 Å². The van der Waals surface area contributed by atoms with E-state index in [0.29, 0.717) is 18.9 Å². The summed E-state index contributed by atoms with van der Waals surface area (Å²) in [6.07, 6.45) is 0.661. The van der Waals surface area contributed by atoms with Gasteiger partial charge in [-0.3, -0.25) is 4.79 Å². The molecule has 0 aliphatic rings. The second kappa shape index (κ2) is 6.19. The molecular weight excluding hydrogens is 230 g/mol. The normalized spacial score (nSPS) is 10.4. The van der Waals surface area contributed by atoms with Crippen LogP contribution in [0, 0.1) is 0 Å². The zero-order valence-electron chi connectivity index (χ0n) is 11.0. The first kappa shape index (κ1) is 14.2. The fourth-order valence-corrected chi connectivity index (χ4v) is 1.63. The molecule has 18 heavy (non-hydrogen) atoms. The van der Waals surface area contributed by atoms with Crippen LogP contribution in [0.25, 0.3) is 0 Å². The van der Waals surface area contributed by atoms with E-state index in [2.05, 4.69) is 26.0 Å². The number of benzene rings is 1. The summed E-state index contributed by atoms with van der Waals surface area (Å²) >= 11 is 0. The number of carbonyl (C=O) groups is 2. The summed E-state index contributed by atoms with van der Waals surface area (Å²) in [4.78, 5) is 22.8. The van der Waals surface area contributed by atoms with Crippen molar-refractivity contribution in [2.75, 3.05) is 13.6 Å². The molecule has 1 aromatic carbocycles. The molecule has 1 N–H and O–H groups in total. The van der Waals surface area contributed by atoms with Crippen LogP contribution in [0.15, 0.2) is 24.3 Å². The number of rotatable bonds is 4. The standard InChI is InChI=1S/C14H19NO3/c1-10(2)12-6-4-11(5-7-12)8-9-15(3)13(16)14(17)18/h4-7,10H,8-9H2,1-3H3,(H,17,18). The third-order valence-corrected chi connectivity index (χ3v) is 2.91. The fourth-order valence-electron chi connectivity index (χ4n) is 1.63. The highest BCUT2D eigenvalue weighted by atomic mass is 16.4. The summed E-state index contributed by atoms with van der Waals surface area (Å²) in [6, 6.07) is 8.18. The zero-order valence-corrected chi connectivity index (χ0v) is 11.0. The van der Waals surface area contributed by atoms with E-state index < -0.39 is 11.9 Å². The van der Waals surface area contributed by atoms with Crippen molar-refractivity contribution in [1.82, 2.24) is 4.90 Å². The molecule has 0 spiro atoms. The van der Waals surface area contributed by atoms with Gasteiger partial charge in [0.25, 0.3) is 0 Å². The van der Waals surface area contributed by atoms with Gasteiger partial charge in [-0.2, -0.15) is 0 Å². The topological polar surface area (TPSA) is 57.6 Å². The summed E-state index contributed by atoms with van der Waals surface area (Å²) in [5.74, 6) is -1.78. The maximum absolute atomic E-state index is 11.1. The maximum Gasteiger partial charge on any atom is 0.394 e. The first-order valence-corrected chi connectivity index (χ1v) is 5.99. The minimum Gasteiger partial charge on any atom is -0.474 e. The average molecular weight is 249 g/mol. The van der Waals surface area contributed by atoms with Gasteiger partial charge < -0.3 is 10.0 Å². The Morgan fingerprint density at radius 1 is 1.22 bits per heavy atom. The maximum atomic E-state index is 11.1. The molecule has 0 aromatic heterocycles. The Kier molecular flexibility index (Phi) is 4.89. The molecule has 1 aromatic rings. The Morgan fingerprint density at radius 3 is 2.22 bits per heavy atom. The minimum absolute atomic E-state index is 0.409. The zero-order chi connectivity index (χ0) is 13.7. The molecule has 0 fully saturated rings. The van der Waals surface area contributed by atoms with Gasteiger partial charge in [0.15, 0.2) is 0 Å². The molecule has 0 bridgehead atoms. The van der Waals surface area contributed by atoms with E-state index >= 15 is 0 Å². The third-order valence-electron chi connectivity index (χ3n) is 2.91. The number of amides is 1. The summed E-state index contributed by atoms with van der Waals surface area (Å²) in [5, 5.41) is 8.56. The average Bonchev–Trinajstić information content (AvgIpc) is 2.35. The van der Waals surface area contributed by atoms with Crippen LogP contribution in [0.2, 0.25) is 0 Å². The van der Waals surface area contributed by atoms with Crippen LogP contribution in [-0.2, 0) is 16.0 Å². The molecule has 0 saturated carbocycles. The number of carbonyl (C=O) groups excluding carboxylic acids is 1. The number of hydrogen-bond acceptors (Lipinski definition) is 2. The van der Waals surface area contributed by atoms with Crippen molar-refractivity contribution >= 4 is 11.9 Å². The lowest BCUT2D eigenvalue weighted by Gasteiger charge is -2.14. The monoisotopic (exact) mass is 249 g/mol. The van der Waals surface area contributed by atoms with E-state index in [1.165, 1.54) is 17.5 Å². The Morgan fingerprint density at radius 2 is 1.78 bits per heavy atom. The number of likely N-dealkylation sites (N-methyl/N-ethyl adjacent to an activating group) is 1. The molecule has 0 unspecified atom stereocenters. The van der Waals surface area contributed by atoms with E-state index in [9.17, 15) is 9.59 Å². The molecule has 1 amide bonds. The lowest BCUT2D eigenvalue weighted by molar-refractivity contribution is -0.155. The summed E-state index contributed by atoms with van der Waals surface area (Å²) < 4.78 is 0. The number of carboxylic acid groups (broad SMARTS) is 1. The van der Waals surface area contributed by atoms with E-state index in [-0.39, 0.29) is 0 Å². The Hall–Kier alpha value is -1.84. The Bertz CT molecular complexity index is 423. The van der Waals surface area contributed by atoms with Crippen molar-refractivity contribution in [3.63, 3.8) is 0 Å². The van der Waals surface area contributed by atoms with E-state index in [4.69, 9.17) is 5.11 Å². The first-order chi connectivity index (χ1) is 8.41. The second-order valence-electron chi connectivity index (χ2n) is 4.68. The molecule has 0 aliphatic carbocycles. The predicted octanol–water partition coefficient (Wildman–Crippen LogP) is 1.90. The first-order valence-electron chi connectivity index (χ1n) is 5.99. The van der Waals surface area contributed by atoms with E-state index in [1.807, 2.05) is 12.1 Å². The minimum atomic E-state index is -1.41. The van der Waals surface area contributed by atoms with Gasteiger partial charge in [-0.15, -0.1) is 0 Å². The smallest absolute Gasteiger partial charge is 0.394 e. The van der Waals surface area contributed by atoms with Crippen LogP contribution in [0.4, 0.5) is 0 Å². The van der Waals surface area contributed by atoms with Crippen molar-refractivity contribution in [3.8, 4) is 0 Å². The van der Waals surface area contributed by atoms with Crippen LogP contribution in [0.5, 0.6) is 0 Å². The van der Waals surface area contributed by atoms with Gasteiger partial charge in [-0.25, -0.2) is 4.79 Å². The van der Waals surface area contributed by atoms with Crippen molar-refractivity contribution in [1.29, 1.82) is 0 Å². The van der Waals surface area contributed by atoms with Gasteiger partial charge in [0.05, 0.1) is 0 Å². The van der Waals surface area contributed by atoms with Gasteiger partial charge in [-0.1, -0.05) is 38.1 Å². The van der Waals surface area contributed by atoms with Crippen LogP contribution in [-0.4, -0.2) is 35.5 Å². The lowest BCUT2D eigenvalue weighted by atomic mass is 10.0. The molecule has 98 valence electrons. The van der Waals surface area contributed by atoms with Crippen molar-refractivity contribution in [2.24, 2.45) is 0 Å². The quantitative estimate of drug-likeness (QED) is 0.829. The van der Waals surface area contributed by atoms with Crippen LogP contribution in [0.3, 0.4) is 0 Å². The highest BCUT2D eigenvalue weighted by Gasteiger charge is 2.16. The van der Waals surface area contributed by atoms with E-state index in [1.54, 1.807) is 0 Å². The van der Waals surface area contributed by atoms with Crippen LogP contribution < -0.4 is 0 Å². The molecule has 4 heteroatoms. The second-order valence-corrected chi connectivity index (χ2v) is 4.68. The van der Waals surface area contributed by atoms with Crippen molar-refractivity contribution in [3.05, 3.63) is 35.4 Å². The molecule has 4 nitrogen and oxygen atoms in total. The molecule has 0 heterocycles. The lowest BCUT2D eigenvalue weighted by Crippen LogP contribution is -2.34. The van der Waals surface area contributed by atoms with Crippen LogP contribution in [0.1, 0.15) is 30.9 Å². The molecule has 0 saturated heterocycles. The highest BCUT2D eigenvalue weighted by Crippen LogP contribution is 2.14. The Balaban J connectivity index is 2.53. The fraction of sp³-hybridized carbons (Fsp3) is 0.429. The van der Waals surface area contributed by atoms with Gasteiger partial charge in [0.1, 0.15) is 0 Å². The van der Waals surface area contributed by atoms with Crippen molar-refractivity contribution in [2.45, 2.75) is 26.2 Å². The number of aliphatic carboxylic acids is 1. The largest absolute Gasteiger partial charge is 0.474 e. The van der Waals surface area contributed by atoms with Gasteiger partial charge in [0.2, 0.25) is 0 Å². The predicted molar refractivity (Wildman–Crippen MR) is 69.5 cm³/mol. The number of carboxylic acids is 1. The summed E-state index contributed by atoms with van der Waals surface area (Å²) in [6.45, 7) is 4.68. The van der Waals surface area contributed by atoms with Crippen molar-refractivity contribution < 1.29 is 14.7 Å². The van der Waals surface area contributed by atoms with E-state index in [0.717, 1.165) is 5.56 Å². The summed E-state index contributed by atoms with van der Waals surface area (Å²) in [5.41, 5.74) is 2.37. The number of nitrogens with zero attached hydrogens (tertiary/aromatic N) is 1. The molecule has 0 radical (unpaired) electrons. The van der Waals surface area contributed by atoms with Gasteiger partial charge in [-0.05, 0) is 23.5 Å². The number of hydrogen-bond donors (Lipinski definition) is 1. The van der Waals surface area contributed by atoms with Crippen LogP contribution >= 0.6 is 0 Å².